The molecule has 5 nitrogen and oxygen atoms in total. The van der Waals surface area contributed by atoms with Crippen molar-refractivity contribution in [3.63, 3.8) is 0 Å². The summed E-state index contributed by atoms with van der Waals surface area (Å²) in [6, 6.07) is 13.5. The molecule has 0 bridgehead atoms. The maximum absolute atomic E-state index is 13.5. The highest BCUT2D eigenvalue weighted by atomic mass is 35.5. The van der Waals surface area contributed by atoms with Gasteiger partial charge in [0.15, 0.2) is 0 Å². The second kappa shape index (κ2) is 8.00. The Morgan fingerprint density at radius 3 is 2.48 bits per heavy atom. The number of carbonyl (C=O) groups is 1. The van der Waals surface area contributed by atoms with Crippen LogP contribution in [0, 0.1) is 5.92 Å². The lowest BCUT2D eigenvalue weighted by Gasteiger charge is -2.29. The number of halogens is 1. The first-order chi connectivity index (χ1) is 12.8. The molecule has 1 atom stereocenters. The van der Waals surface area contributed by atoms with E-state index in [-0.39, 0.29) is 28.1 Å². The molecule has 1 aliphatic carbocycles. The van der Waals surface area contributed by atoms with Crippen LogP contribution in [-0.4, -0.2) is 31.8 Å². The number of methoxy groups -OCH3 is 1. The average Bonchev–Trinajstić information content (AvgIpc) is 3.51. The van der Waals surface area contributed by atoms with Gasteiger partial charge in [-0.3, -0.25) is 0 Å². The number of benzene rings is 2. The molecule has 144 valence electrons. The van der Waals surface area contributed by atoms with Crippen LogP contribution in [0.5, 0.6) is 0 Å². The lowest BCUT2D eigenvalue weighted by Crippen LogP contribution is -2.39. The van der Waals surface area contributed by atoms with Gasteiger partial charge in [0.1, 0.15) is 4.90 Å². The Bertz CT molecular complexity index is 926. The molecule has 0 amide bonds. The van der Waals surface area contributed by atoms with Crippen LogP contribution in [-0.2, 0) is 21.3 Å². The molecule has 0 aromatic heterocycles. The fourth-order valence-electron chi connectivity index (χ4n) is 3.10. The van der Waals surface area contributed by atoms with Crippen molar-refractivity contribution in [2.45, 2.75) is 37.2 Å². The van der Waals surface area contributed by atoms with E-state index in [9.17, 15) is 13.2 Å². The van der Waals surface area contributed by atoms with Crippen LogP contribution < -0.4 is 0 Å². The third kappa shape index (κ3) is 4.34. The van der Waals surface area contributed by atoms with Gasteiger partial charge < -0.3 is 4.74 Å². The quantitative estimate of drug-likeness (QED) is 0.648. The highest BCUT2D eigenvalue weighted by Crippen LogP contribution is 2.39. The maximum atomic E-state index is 13.5. The summed E-state index contributed by atoms with van der Waals surface area (Å²) in [5, 5.41) is 0.0868. The number of esters is 1. The van der Waals surface area contributed by atoms with Gasteiger partial charge in [-0.05, 0) is 49.4 Å². The van der Waals surface area contributed by atoms with Gasteiger partial charge in [0, 0.05) is 12.6 Å². The minimum absolute atomic E-state index is 0.0736. The van der Waals surface area contributed by atoms with Crippen molar-refractivity contribution in [3.8, 4) is 0 Å². The molecule has 7 heteroatoms. The van der Waals surface area contributed by atoms with E-state index < -0.39 is 16.0 Å². The third-order valence-electron chi connectivity index (χ3n) is 4.88. The van der Waals surface area contributed by atoms with E-state index in [0.717, 1.165) is 18.4 Å². The molecule has 0 aliphatic heterocycles. The van der Waals surface area contributed by atoms with E-state index in [0.29, 0.717) is 5.92 Å². The van der Waals surface area contributed by atoms with Crippen molar-refractivity contribution in [2.24, 2.45) is 5.92 Å². The Morgan fingerprint density at radius 1 is 1.22 bits per heavy atom. The molecule has 1 saturated carbocycles. The topological polar surface area (TPSA) is 63.7 Å². The van der Waals surface area contributed by atoms with Crippen LogP contribution in [0.25, 0.3) is 0 Å². The number of nitrogens with zero attached hydrogens (tertiary/aromatic N) is 1. The summed E-state index contributed by atoms with van der Waals surface area (Å²) in [4.78, 5) is 11.8. The van der Waals surface area contributed by atoms with Crippen LogP contribution >= 0.6 is 11.6 Å². The van der Waals surface area contributed by atoms with E-state index in [1.54, 1.807) is 0 Å². The lowest BCUT2D eigenvalue weighted by atomic mass is 10.2. The SMILES string of the molecule is COC(=O)c1ccc(Cl)c(S(=O)(=O)N(Cc2ccccc2)[C@H](C)C2CC2)c1. The van der Waals surface area contributed by atoms with Gasteiger partial charge in [0.2, 0.25) is 10.0 Å². The molecule has 27 heavy (non-hydrogen) atoms. The van der Waals surface area contributed by atoms with E-state index in [2.05, 4.69) is 0 Å². The summed E-state index contributed by atoms with van der Waals surface area (Å²) in [6.07, 6.45) is 2.02. The number of ether oxygens (including phenoxy) is 1. The Labute approximate surface area is 165 Å². The van der Waals surface area contributed by atoms with Crippen molar-refractivity contribution >= 4 is 27.6 Å². The van der Waals surface area contributed by atoms with Gasteiger partial charge in [-0.25, -0.2) is 13.2 Å². The molecule has 3 rings (SSSR count). The monoisotopic (exact) mass is 407 g/mol. The van der Waals surface area contributed by atoms with Crippen molar-refractivity contribution in [2.75, 3.05) is 7.11 Å². The number of sulfonamides is 1. The Hall–Kier alpha value is -1.89. The molecule has 1 aliphatic rings. The molecule has 2 aromatic carbocycles. The minimum Gasteiger partial charge on any atom is -0.465 e. The fourth-order valence-corrected chi connectivity index (χ4v) is 5.28. The third-order valence-corrected chi connectivity index (χ3v) is 7.29. The number of hydrogen-bond acceptors (Lipinski definition) is 4. The first-order valence-electron chi connectivity index (χ1n) is 8.78. The predicted octanol–water partition coefficient (Wildman–Crippen LogP) is 4.12. The van der Waals surface area contributed by atoms with Gasteiger partial charge >= 0.3 is 5.97 Å². The van der Waals surface area contributed by atoms with Crippen molar-refractivity contribution < 1.29 is 17.9 Å². The smallest absolute Gasteiger partial charge is 0.337 e. The Morgan fingerprint density at radius 2 is 1.89 bits per heavy atom. The normalized spacial score (nSPS) is 15.6. The first-order valence-corrected chi connectivity index (χ1v) is 10.6. The predicted molar refractivity (Wildman–Crippen MR) is 104 cm³/mol. The summed E-state index contributed by atoms with van der Waals surface area (Å²) in [7, 11) is -2.65. The molecule has 0 radical (unpaired) electrons. The summed E-state index contributed by atoms with van der Waals surface area (Å²) in [5.74, 6) is -0.265. The molecule has 0 saturated heterocycles. The first kappa shape index (κ1) is 19.9. The van der Waals surface area contributed by atoms with Gasteiger partial charge in [0.05, 0.1) is 17.7 Å². The molecular weight excluding hydrogens is 386 g/mol. The van der Waals surface area contributed by atoms with Crippen LogP contribution in [0.15, 0.2) is 53.4 Å². The average molecular weight is 408 g/mol. The second-order valence-corrected chi connectivity index (χ2v) is 9.02. The summed E-state index contributed by atoms with van der Waals surface area (Å²) < 4.78 is 33.2. The van der Waals surface area contributed by atoms with Crippen LogP contribution in [0.4, 0.5) is 0 Å². The van der Waals surface area contributed by atoms with Crippen LogP contribution in [0.1, 0.15) is 35.7 Å². The Balaban J connectivity index is 2.03. The van der Waals surface area contributed by atoms with E-state index in [1.807, 2.05) is 37.3 Å². The molecule has 2 aromatic rings. The van der Waals surface area contributed by atoms with E-state index in [4.69, 9.17) is 16.3 Å². The lowest BCUT2D eigenvalue weighted by molar-refractivity contribution is 0.0600. The molecule has 0 spiro atoms. The molecule has 0 N–H and O–H groups in total. The van der Waals surface area contributed by atoms with Gasteiger partial charge in [-0.1, -0.05) is 41.9 Å². The summed E-state index contributed by atoms with van der Waals surface area (Å²) in [5.41, 5.74) is 1.05. The second-order valence-electron chi connectivity index (χ2n) is 6.75. The molecular formula is C20H22ClNO4S. The van der Waals surface area contributed by atoms with Crippen LogP contribution in [0.2, 0.25) is 5.02 Å². The summed E-state index contributed by atoms with van der Waals surface area (Å²) >= 11 is 6.22. The van der Waals surface area contributed by atoms with E-state index >= 15 is 0 Å². The van der Waals surface area contributed by atoms with Crippen molar-refractivity contribution in [1.29, 1.82) is 0 Å². The highest BCUT2D eigenvalue weighted by molar-refractivity contribution is 7.89. The van der Waals surface area contributed by atoms with Crippen molar-refractivity contribution in [1.82, 2.24) is 4.31 Å². The standard InChI is InChI=1S/C20H22ClNO4S/c1-14(16-8-9-16)22(13-15-6-4-3-5-7-15)27(24,25)19-12-17(20(23)26-2)10-11-18(19)21/h3-7,10-12,14,16H,8-9,13H2,1-2H3/t14-/m1/s1. The van der Waals surface area contributed by atoms with Gasteiger partial charge in [0.25, 0.3) is 0 Å². The zero-order valence-corrected chi connectivity index (χ0v) is 16.8. The molecule has 1 fully saturated rings. The van der Waals surface area contributed by atoms with Gasteiger partial charge in [-0.2, -0.15) is 4.31 Å². The highest BCUT2D eigenvalue weighted by Gasteiger charge is 2.39. The number of carbonyl (C=O) groups excluding carboxylic acids is 1. The van der Waals surface area contributed by atoms with Crippen LogP contribution in [0.3, 0.4) is 0 Å². The molecule has 0 unspecified atom stereocenters. The fraction of sp³-hybridized carbons (Fsp3) is 0.350. The summed E-state index contributed by atoms with van der Waals surface area (Å²) in [6.45, 7) is 2.18. The van der Waals surface area contributed by atoms with E-state index in [1.165, 1.54) is 29.6 Å². The zero-order chi connectivity index (χ0) is 19.6. The van der Waals surface area contributed by atoms with Gasteiger partial charge in [-0.15, -0.1) is 0 Å². The zero-order valence-electron chi connectivity index (χ0n) is 15.3. The van der Waals surface area contributed by atoms with Crippen molar-refractivity contribution in [3.05, 3.63) is 64.7 Å². The minimum atomic E-state index is -3.90. The largest absolute Gasteiger partial charge is 0.465 e. The maximum Gasteiger partial charge on any atom is 0.337 e. The number of rotatable bonds is 7. The molecule has 0 heterocycles. The number of hydrogen-bond donors (Lipinski definition) is 0. The Kier molecular flexibility index (Phi) is 5.89.